The Morgan fingerprint density at radius 1 is 1.25 bits per heavy atom. The molecular weight excluding hydrogens is 258 g/mol. The van der Waals surface area contributed by atoms with Crippen LogP contribution in [0.4, 0.5) is 4.79 Å². The fourth-order valence-corrected chi connectivity index (χ4v) is 3.05. The molecule has 1 aliphatic heterocycles. The molecule has 1 rings (SSSR count). The lowest BCUT2D eigenvalue weighted by Gasteiger charge is -2.37. The Hall–Kier alpha value is -1.30. The molecule has 1 fully saturated rings. The van der Waals surface area contributed by atoms with Crippen molar-refractivity contribution < 1.29 is 14.7 Å². The third-order valence-electron chi connectivity index (χ3n) is 3.81. The summed E-state index contributed by atoms with van der Waals surface area (Å²) in [6, 6.07) is -0.371. The summed E-state index contributed by atoms with van der Waals surface area (Å²) in [4.78, 5) is 24.7. The quantitative estimate of drug-likeness (QED) is 0.656. The molecule has 0 spiro atoms. The molecule has 0 aromatic rings. The van der Waals surface area contributed by atoms with Gasteiger partial charge < -0.3 is 16.2 Å². The molecule has 0 aliphatic carbocycles. The Kier molecular flexibility index (Phi) is 6.78. The van der Waals surface area contributed by atoms with Crippen molar-refractivity contribution in [1.29, 1.82) is 0 Å². The van der Waals surface area contributed by atoms with Crippen molar-refractivity contribution in [3.05, 3.63) is 0 Å². The monoisotopic (exact) mass is 285 g/mol. The Labute approximate surface area is 120 Å². The highest BCUT2D eigenvalue weighted by Crippen LogP contribution is 2.22. The number of hydrogen-bond donors (Lipinski definition) is 3. The van der Waals surface area contributed by atoms with E-state index in [0.29, 0.717) is 5.92 Å². The normalized spacial score (nSPS) is 19.6. The lowest BCUT2D eigenvalue weighted by atomic mass is 9.88. The third-order valence-corrected chi connectivity index (χ3v) is 3.81. The van der Waals surface area contributed by atoms with Gasteiger partial charge in [-0.05, 0) is 38.3 Å². The van der Waals surface area contributed by atoms with Crippen LogP contribution >= 0.6 is 0 Å². The van der Waals surface area contributed by atoms with Gasteiger partial charge in [-0.25, -0.2) is 4.79 Å². The van der Waals surface area contributed by atoms with E-state index in [0.717, 1.165) is 32.4 Å². The van der Waals surface area contributed by atoms with Gasteiger partial charge in [-0.3, -0.25) is 9.69 Å². The number of carboxylic acid groups (broad SMARTS) is 1. The smallest absolute Gasteiger partial charge is 0.404 e. The maximum atomic E-state index is 11.9. The molecule has 0 bridgehead atoms. The minimum Gasteiger partial charge on any atom is -0.465 e. The largest absolute Gasteiger partial charge is 0.465 e. The van der Waals surface area contributed by atoms with Crippen molar-refractivity contribution in [2.75, 3.05) is 19.6 Å². The number of hydrogen-bond acceptors (Lipinski definition) is 3. The van der Waals surface area contributed by atoms with Crippen molar-refractivity contribution in [2.24, 2.45) is 17.6 Å². The highest BCUT2D eigenvalue weighted by molar-refractivity contribution is 5.80. The van der Waals surface area contributed by atoms with Crippen LogP contribution in [0.15, 0.2) is 0 Å². The van der Waals surface area contributed by atoms with Gasteiger partial charge >= 0.3 is 6.09 Å². The average molecular weight is 285 g/mol. The SMILES string of the molecule is CC(C)C[C@H](CNC(=O)O)C(C(N)=O)N1CCCCC1. The zero-order valence-electron chi connectivity index (χ0n) is 12.5. The fraction of sp³-hybridized carbons (Fsp3) is 0.857. The van der Waals surface area contributed by atoms with Crippen LogP contribution in [0.2, 0.25) is 0 Å². The summed E-state index contributed by atoms with van der Waals surface area (Å²) in [7, 11) is 0. The summed E-state index contributed by atoms with van der Waals surface area (Å²) in [6.45, 7) is 6.16. The summed E-state index contributed by atoms with van der Waals surface area (Å²) in [5.74, 6) is -0.0197. The first kappa shape index (κ1) is 16.8. The van der Waals surface area contributed by atoms with Gasteiger partial charge in [0.1, 0.15) is 0 Å². The van der Waals surface area contributed by atoms with Crippen molar-refractivity contribution in [1.82, 2.24) is 10.2 Å². The molecule has 0 radical (unpaired) electrons. The Balaban J connectivity index is 2.78. The molecule has 116 valence electrons. The molecule has 2 amide bonds. The van der Waals surface area contributed by atoms with Crippen molar-refractivity contribution in [2.45, 2.75) is 45.6 Å². The molecule has 1 saturated heterocycles. The van der Waals surface area contributed by atoms with Gasteiger partial charge in [0.2, 0.25) is 5.91 Å². The van der Waals surface area contributed by atoms with Crippen molar-refractivity contribution >= 4 is 12.0 Å². The minimum atomic E-state index is -1.05. The number of nitrogens with one attached hydrogen (secondary N) is 1. The topological polar surface area (TPSA) is 95.7 Å². The zero-order chi connectivity index (χ0) is 15.1. The zero-order valence-corrected chi connectivity index (χ0v) is 12.5. The van der Waals surface area contributed by atoms with Gasteiger partial charge in [-0.1, -0.05) is 20.3 Å². The van der Waals surface area contributed by atoms with Gasteiger partial charge in [0.05, 0.1) is 6.04 Å². The summed E-state index contributed by atoms with van der Waals surface area (Å²) in [5.41, 5.74) is 5.59. The second-order valence-electron chi connectivity index (χ2n) is 6.02. The van der Waals surface area contributed by atoms with E-state index in [2.05, 4.69) is 24.1 Å². The second-order valence-corrected chi connectivity index (χ2v) is 6.02. The molecule has 2 atom stereocenters. The molecule has 6 heteroatoms. The first-order chi connectivity index (χ1) is 9.41. The molecule has 0 saturated carbocycles. The molecule has 20 heavy (non-hydrogen) atoms. The summed E-state index contributed by atoms with van der Waals surface area (Å²) >= 11 is 0. The Bertz CT molecular complexity index is 328. The summed E-state index contributed by atoms with van der Waals surface area (Å²) in [6.07, 6.45) is 3.06. The predicted molar refractivity (Wildman–Crippen MR) is 77.4 cm³/mol. The molecule has 1 unspecified atom stereocenters. The van der Waals surface area contributed by atoms with Crippen molar-refractivity contribution in [3.8, 4) is 0 Å². The second kappa shape index (κ2) is 8.09. The van der Waals surface area contributed by atoms with Crippen LogP contribution in [0, 0.1) is 11.8 Å². The molecule has 1 heterocycles. The molecule has 0 aromatic heterocycles. The average Bonchev–Trinajstić information content (AvgIpc) is 2.36. The van der Waals surface area contributed by atoms with Gasteiger partial charge in [0.15, 0.2) is 0 Å². The Morgan fingerprint density at radius 3 is 2.30 bits per heavy atom. The van der Waals surface area contributed by atoms with Gasteiger partial charge in [0, 0.05) is 12.5 Å². The Morgan fingerprint density at radius 2 is 1.85 bits per heavy atom. The van der Waals surface area contributed by atoms with Crippen LogP contribution < -0.4 is 11.1 Å². The van der Waals surface area contributed by atoms with Crippen LogP contribution in [-0.2, 0) is 4.79 Å². The molecule has 1 aliphatic rings. The number of rotatable bonds is 7. The number of primary amides is 1. The highest BCUT2D eigenvalue weighted by atomic mass is 16.4. The van der Waals surface area contributed by atoms with Crippen LogP contribution in [-0.4, -0.2) is 47.7 Å². The third kappa shape index (κ3) is 5.36. The molecular formula is C14H27N3O3. The van der Waals surface area contributed by atoms with Crippen molar-refractivity contribution in [3.63, 3.8) is 0 Å². The maximum Gasteiger partial charge on any atom is 0.404 e. The predicted octanol–water partition coefficient (Wildman–Crippen LogP) is 1.26. The maximum absolute atomic E-state index is 11.9. The van der Waals surface area contributed by atoms with E-state index in [-0.39, 0.29) is 24.4 Å². The van der Waals surface area contributed by atoms with Gasteiger partial charge in [-0.15, -0.1) is 0 Å². The van der Waals surface area contributed by atoms with E-state index in [1.807, 2.05) is 0 Å². The first-order valence-electron chi connectivity index (χ1n) is 7.42. The van der Waals surface area contributed by atoms with E-state index in [9.17, 15) is 9.59 Å². The van der Waals surface area contributed by atoms with Crippen LogP contribution in [0.3, 0.4) is 0 Å². The minimum absolute atomic E-state index is 0.0679. The number of nitrogens with zero attached hydrogens (tertiary/aromatic N) is 1. The van der Waals surface area contributed by atoms with Gasteiger partial charge in [0.25, 0.3) is 0 Å². The molecule has 4 N–H and O–H groups in total. The van der Waals surface area contributed by atoms with Crippen LogP contribution in [0.25, 0.3) is 0 Å². The summed E-state index contributed by atoms with van der Waals surface area (Å²) in [5, 5.41) is 11.2. The van der Waals surface area contributed by atoms with Gasteiger partial charge in [-0.2, -0.15) is 0 Å². The molecule has 6 nitrogen and oxygen atoms in total. The van der Waals surface area contributed by atoms with E-state index in [1.54, 1.807) is 0 Å². The number of amides is 2. The fourth-order valence-electron chi connectivity index (χ4n) is 3.05. The summed E-state index contributed by atoms with van der Waals surface area (Å²) < 4.78 is 0. The number of nitrogens with two attached hydrogens (primary N) is 1. The number of carbonyl (C=O) groups is 2. The van der Waals surface area contributed by atoms with E-state index >= 15 is 0 Å². The van der Waals surface area contributed by atoms with Crippen LogP contribution in [0.5, 0.6) is 0 Å². The standard InChI is InChI=1S/C14H27N3O3/c1-10(2)8-11(9-16-14(19)20)12(13(15)18)17-6-4-3-5-7-17/h10-12,16H,3-9H2,1-2H3,(H2,15,18)(H,19,20)/t11-,12?/m1/s1. The van der Waals surface area contributed by atoms with Crippen LogP contribution in [0.1, 0.15) is 39.5 Å². The lowest BCUT2D eigenvalue weighted by Crippen LogP contribution is -2.53. The number of carbonyl (C=O) groups excluding carboxylic acids is 1. The number of likely N-dealkylation sites (tertiary alicyclic amines) is 1. The van der Waals surface area contributed by atoms with E-state index in [4.69, 9.17) is 10.8 Å². The lowest BCUT2D eigenvalue weighted by molar-refractivity contribution is -0.126. The first-order valence-corrected chi connectivity index (χ1v) is 7.42. The van der Waals surface area contributed by atoms with E-state index in [1.165, 1.54) is 6.42 Å². The highest BCUT2D eigenvalue weighted by Gasteiger charge is 2.33. The number of piperidine rings is 1. The molecule has 0 aromatic carbocycles. The van der Waals surface area contributed by atoms with E-state index < -0.39 is 6.09 Å².